The number of hydrogen-bond acceptors (Lipinski definition) is 3. The van der Waals surface area contributed by atoms with Crippen molar-refractivity contribution in [2.75, 3.05) is 26.2 Å². The molecular weight excluding hydrogens is 224 g/mol. The summed E-state index contributed by atoms with van der Waals surface area (Å²) in [6, 6.07) is 1.15. The maximum Gasteiger partial charge on any atom is 0.0674 e. The zero-order valence-electron chi connectivity index (χ0n) is 13.1. The van der Waals surface area contributed by atoms with E-state index in [1.54, 1.807) is 0 Å². The number of rotatable bonds is 6. The first-order valence-electron chi connectivity index (χ1n) is 7.49. The van der Waals surface area contributed by atoms with Gasteiger partial charge in [0.25, 0.3) is 0 Å². The van der Waals surface area contributed by atoms with E-state index in [-0.39, 0.29) is 0 Å². The fourth-order valence-corrected chi connectivity index (χ4v) is 2.65. The van der Waals surface area contributed by atoms with Crippen molar-refractivity contribution in [3.63, 3.8) is 0 Å². The van der Waals surface area contributed by atoms with Crippen LogP contribution in [0.3, 0.4) is 0 Å². The molecule has 1 rings (SSSR count). The minimum Gasteiger partial charge on any atom is -0.376 e. The second kappa shape index (κ2) is 7.46. The molecule has 0 spiro atoms. The molecule has 0 bridgehead atoms. The van der Waals surface area contributed by atoms with Gasteiger partial charge in [-0.15, -0.1) is 0 Å². The molecule has 1 aliphatic rings. The van der Waals surface area contributed by atoms with Gasteiger partial charge in [-0.3, -0.25) is 4.90 Å². The zero-order chi connectivity index (χ0) is 13.7. The normalized spacial score (nSPS) is 28.0. The van der Waals surface area contributed by atoms with Crippen LogP contribution in [0, 0.1) is 11.8 Å². The number of hydrogen-bond donors (Lipinski definition) is 1. The second-order valence-electron chi connectivity index (χ2n) is 6.55. The Hall–Kier alpha value is -0.120. The maximum absolute atomic E-state index is 5.73. The van der Waals surface area contributed by atoms with Crippen molar-refractivity contribution in [3.8, 4) is 0 Å². The Kier molecular flexibility index (Phi) is 6.61. The van der Waals surface area contributed by atoms with E-state index >= 15 is 0 Å². The van der Waals surface area contributed by atoms with Crippen LogP contribution in [-0.4, -0.2) is 49.3 Å². The largest absolute Gasteiger partial charge is 0.376 e. The lowest BCUT2D eigenvalue weighted by atomic mass is 9.99. The molecule has 3 heteroatoms. The molecule has 3 unspecified atom stereocenters. The highest BCUT2D eigenvalue weighted by Gasteiger charge is 2.30. The fraction of sp³-hybridized carbons (Fsp3) is 1.00. The van der Waals surface area contributed by atoms with Crippen LogP contribution in [0.5, 0.6) is 0 Å². The molecule has 1 N–H and O–H groups in total. The molecule has 1 saturated heterocycles. The minimum atomic E-state index is 0.368. The fourth-order valence-electron chi connectivity index (χ4n) is 2.65. The molecule has 3 nitrogen and oxygen atoms in total. The van der Waals surface area contributed by atoms with Crippen molar-refractivity contribution >= 4 is 0 Å². The zero-order valence-corrected chi connectivity index (χ0v) is 13.1. The Labute approximate surface area is 113 Å². The molecule has 1 aliphatic heterocycles. The molecule has 0 aromatic rings. The average Bonchev–Trinajstić information content (AvgIpc) is 2.27. The summed E-state index contributed by atoms with van der Waals surface area (Å²) >= 11 is 0. The van der Waals surface area contributed by atoms with Crippen LogP contribution in [-0.2, 0) is 4.74 Å². The molecule has 18 heavy (non-hydrogen) atoms. The standard InChI is InChI=1S/C15H32N2O/c1-11(2)7-16-8-15(12(3)4)17-9-14(6)18-10-13(17)5/h11-16H,7-10H2,1-6H3. The highest BCUT2D eigenvalue weighted by Crippen LogP contribution is 2.19. The molecule has 1 heterocycles. The van der Waals surface area contributed by atoms with E-state index < -0.39 is 0 Å². The van der Waals surface area contributed by atoms with Gasteiger partial charge in [-0.2, -0.15) is 0 Å². The van der Waals surface area contributed by atoms with E-state index in [4.69, 9.17) is 4.74 Å². The van der Waals surface area contributed by atoms with Crippen molar-refractivity contribution in [1.82, 2.24) is 10.2 Å². The van der Waals surface area contributed by atoms with Gasteiger partial charge >= 0.3 is 0 Å². The predicted octanol–water partition coefficient (Wildman–Crippen LogP) is 2.37. The van der Waals surface area contributed by atoms with Gasteiger partial charge in [-0.25, -0.2) is 0 Å². The summed E-state index contributed by atoms with van der Waals surface area (Å²) in [4.78, 5) is 2.63. The molecular formula is C15H32N2O. The number of nitrogens with one attached hydrogen (secondary N) is 1. The highest BCUT2D eigenvalue weighted by molar-refractivity contribution is 4.85. The Morgan fingerprint density at radius 1 is 1.17 bits per heavy atom. The minimum absolute atomic E-state index is 0.368. The predicted molar refractivity (Wildman–Crippen MR) is 77.9 cm³/mol. The van der Waals surface area contributed by atoms with Crippen molar-refractivity contribution in [1.29, 1.82) is 0 Å². The van der Waals surface area contributed by atoms with Gasteiger partial charge in [0.15, 0.2) is 0 Å². The van der Waals surface area contributed by atoms with E-state index in [1.165, 1.54) is 0 Å². The second-order valence-corrected chi connectivity index (χ2v) is 6.55. The third kappa shape index (κ3) is 4.87. The topological polar surface area (TPSA) is 24.5 Å². The third-order valence-electron chi connectivity index (χ3n) is 3.76. The lowest BCUT2D eigenvalue weighted by Gasteiger charge is -2.43. The summed E-state index contributed by atoms with van der Waals surface area (Å²) in [6.45, 7) is 17.8. The number of nitrogens with zero attached hydrogens (tertiary/aromatic N) is 1. The average molecular weight is 256 g/mol. The van der Waals surface area contributed by atoms with Crippen LogP contribution in [0.4, 0.5) is 0 Å². The van der Waals surface area contributed by atoms with Crippen LogP contribution in [0.25, 0.3) is 0 Å². The van der Waals surface area contributed by atoms with Gasteiger partial charge in [0.2, 0.25) is 0 Å². The number of ether oxygens (including phenoxy) is 1. The smallest absolute Gasteiger partial charge is 0.0674 e. The van der Waals surface area contributed by atoms with Gasteiger partial charge in [0, 0.05) is 25.2 Å². The van der Waals surface area contributed by atoms with E-state index in [2.05, 4.69) is 51.8 Å². The first kappa shape index (κ1) is 15.9. The summed E-state index contributed by atoms with van der Waals surface area (Å²) < 4.78 is 5.73. The van der Waals surface area contributed by atoms with Crippen molar-refractivity contribution in [3.05, 3.63) is 0 Å². The molecule has 0 amide bonds. The Morgan fingerprint density at radius 3 is 2.39 bits per heavy atom. The highest BCUT2D eigenvalue weighted by atomic mass is 16.5. The monoisotopic (exact) mass is 256 g/mol. The summed E-state index contributed by atoms with van der Waals surface area (Å²) in [5.41, 5.74) is 0. The van der Waals surface area contributed by atoms with Crippen LogP contribution in [0.2, 0.25) is 0 Å². The van der Waals surface area contributed by atoms with Crippen LogP contribution < -0.4 is 5.32 Å². The van der Waals surface area contributed by atoms with Gasteiger partial charge in [-0.05, 0) is 32.2 Å². The molecule has 0 aromatic heterocycles. The molecule has 1 fully saturated rings. The molecule has 0 radical (unpaired) electrons. The molecule has 108 valence electrons. The van der Waals surface area contributed by atoms with Gasteiger partial charge < -0.3 is 10.1 Å². The molecule has 3 atom stereocenters. The van der Waals surface area contributed by atoms with Gasteiger partial charge in [0.1, 0.15) is 0 Å². The molecule has 0 aromatic carbocycles. The lowest BCUT2D eigenvalue weighted by molar-refractivity contribution is -0.0725. The van der Waals surface area contributed by atoms with E-state index in [0.717, 1.165) is 32.2 Å². The van der Waals surface area contributed by atoms with Gasteiger partial charge in [0.05, 0.1) is 12.7 Å². The maximum atomic E-state index is 5.73. The SMILES string of the molecule is CC(C)CNCC(C(C)C)N1CC(C)OCC1C. The summed E-state index contributed by atoms with van der Waals surface area (Å²) in [6.07, 6.45) is 0.368. The third-order valence-corrected chi connectivity index (χ3v) is 3.76. The van der Waals surface area contributed by atoms with Crippen molar-refractivity contribution in [2.24, 2.45) is 11.8 Å². The van der Waals surface area contributed by atoms with Gasteiger partial charge in [-0.1, -0.05) is 27.7 Å². The van der Waals surface area contributed by atoms with E-state index in [9.17, 15) is 0 Å². The Bertz CT molecular complexity index is 231. The van der Waals surface area contributed by atoms with E-state index in [1.807, 2.05) is 0 Å². The number of morpholine rings is 1. The summed E-state index contributed by atoms with van der Waals surface area (Å²) in [7, 11) is 0. The quantitative estimate of drug-likeness (QED) is 0.789. The molecule has 0 aliphatic carbocycles. The van der Waals surface area contributed by atoms with Crippen LogP contribution in [0.15, 0.2) is 0 Å². The molecule has 0 saturated carbocycles. The van der Waals surface area contributed by atoms with Crippen LogP contribution in [0.1, 0.15) is 41.5 Å². The lowest BCUT2D eigenvalue weighted by Crippen LogP contribution is -2.56. The van der Waals surface area contributed by atoms with Crippen LogP contribution >= 0.6 is 0 Å². The Balaban J connectivity index is 2.53. The van der Waals surface area contributed by atoms with Crippen molar-refractivity contribution < 1.29 is 4.74 Å². The van der Waals surface area contributed by atoms with Crippen molar-refractivity contribution in [2.45, 2.75) is 59.7 Å². The Morgan fingerprint density at radius 2 is 1.83 bits per heavy atom. The summed E-state index contributed by atoms with van der Waals surface area (Å²) in [5.74, 6) is 1.40. The van der Waals surface area contributed by atoms with E-state index in [0.29, 0.717) is 24.1 Å². The first-order chi connectivity index (χ1) is 8.41. The summed E-state index contributed by atoms with van der Waals surface area (Å²) in [5, 5.41) is 3.62. The first-order valence-corrected chi connectivity index (χ1v) is 7.49.